The lowest BCUT2D eigenvalue weighted by molar-refractivity contribution is -0.419. The number of rotatable bonds is 8. The summed E-state index contributed by atoms with van der Waals surface area (Å²) in [5.41, 5.74) is -0.607. The summed E-state index contributed by atoms with van der Waals surface area (Å²) < 4.78 is 8.36. The first-order valence-corrected chi connectivity index (χ1v) is 8.34. The van der Waals surface area contributed by atoms with Gasteiger partial charge in [0, 0.05) is 0 Å². The van der Waals surface area contributed by atoms with Gasteiger partial charge in [-0.1, -0.05) is 34.8 Å². The van der Waals surface area contributed by atoms with Crippen LogP contribution in [0.1, 0.15) is 0 Å². The second kappa shape index (κ2) is 11.0. The van der Waals surface area contributed by atoms with Crippen LogP contribution in [0.2, 0.25) is 0 Å². The normalized spacial score (nSPS) is 9.68. The van der Waals surface area contributed by atoms with Crippen LogP contribution in [0.15, 0.2) is 19.5 Å². The Morgan fingerprint density at radius 3 is 1.73 bits per heavy atom. The fourth-order valence-electron chi connectivity index (χ4n) is 0.879. The predicted molar refractivity (Wildman–Crippen MR) is 87.6 cm³/mol. The summed E-state index contributed by atoms with van der Waals surface area (Å²) in [4.78, 5) is 32.7. The van der Waals surface area contributed by atoms with E-state index in [-0.39, 0.29) is 15.7 Å². The van der Waals surface area contributed by atoms with E-state index in [4.69, 9.17) is 34.8 Å². The summed E-state index contributed by atoms with van der Waals surface area (Å²) in [7, 11) is 2.34. The van der Waals surface area contributed by atoms with Crippen molar-refractivity contribution in [1.29, 1.82) is 0 Å². The van der Waals surface area contributed by atoms with Crippen molar-refractivity contribution in [3.05, 3.63) is 29.6 Å². The molecule has 0 atom stereocenters. The van der Waals surface area contributed by atoms with Crippen LogP contribution >= 0.6 is 58.3 Å². The predicted octanol–water partition coefficient (Wildman–Crippen LogP) is 3.13. The van der Waals surface area contributed by atoms with E-state index in [0.717, 1.165) is 23.5 Å². The number of nitrogens with zero attached hydrogens (tertiary/aromatic N) is 1. The number of methoxy groups -OCH3 is 2. The Morgan fingerprint density at radius 1 is 1.05 bits per heavy atom. The first-order valence-electron chi connectivity index (χ1n) is 5.23. The van der Waals surface area contributed by atoms with E-state index < -0.39 is 32.1 Å². The second-order valence-corrected chi connectivity index (χ2v) is 6.75. The number of halogens is 3. The van der Waals surface area contributed by atoms with E-state index in [9.17, 15) is 19.7 Å². The van der Waals surface area contributed by atoms with Gasteiger partial charge in [0.25, 0.3) is 0 Å². The molecule has 0 rings (SSSR count). The summed E-state index contributed by atoms with van der Waals surface area (Å²) in [5.74, 6) is -1.66. The minimum Gasteiger partial charge on any atom is -0.468 e. The lowest BCUT2D eigenvalue weighted by Crippen LogP contribution is -2.08. The molecule has 0 saturated carbocycles. The molecule has 0 amide bonds. The third-order valence-electron chi connectivity index (χ3n) is 1.85. The molecule has 0 aliphatic carbocycles. The SMILES string of the molecule is COC(=O)CSC(SCC(=O)OC)=C(C(Cl)=C(Cl)Cl)[N+](=O)[O-]. The van der Waals surface area contributed by atoms with Gasteiger partial charge < -0.3 is 9.47 Å². The van der Waals surface area contributed by atoms with E-state index in [2.05, 4.69) is 9.47 Å². The zero-order valence-electron chi connectivity index (χ0n) is 11.3. The molecule has 0 spiro atoms. The van der Waals surface area contributed by atoms with E-state index in [1.165, 1.54) is 14.2 Å². The standard InChI is InChI=1S/C10H10Cl3NO6S2/c1-19-5(15)3-21-10(22-4-6(16)20-2)8(14(17)18)7(11)9(12)13/h3-4H2,1-2H3. The number of carbonyl (C=O) groups is 2. The van der Waals surface area contributed by atoms with Gasteiger partial charge in [-0.05, 0) is 0 Å². The quantitative estimate of drug-likeness (QED) is 0.261. The van der Waals surface area contributed by atoms with Crippen molar-refractivity contribution in [2.75, 3.05) is 25.7 Å². The third kappa shape index (κ3) is 7.59. The summed E-state index contributed by atoms with van der Waals surface area (Å²) >= 11 is 18.2. The van der Waals surface area contributed by atoms with Crippen molar-refractivity contribution < 1.29 is 24.0 Å². The number of thioether (sulfide) groups is 2. The first kappa shape index (κ1) is 21.4. The molecule has 0 aromatic rings. The lowest BCUT2D eigenvalue weighted by atomic mass is 10.5. The van der Waals surface area contributed by atoms with Gasteiger partial charge in [-0.25, -0.2) is 0 Å². The molecule has 0 aromatic heterocycles. The fraction of sp³-hybridized carbons (Fsp3) is 0.400. The fourth-order valence-corrected chi connectivity index (χ4v) is 3.38. The van der Waals surface area contributed by atoms with Crippen molar-refractivity contribution in [2.45, 2.75) is 0 Å². The van der Waals surface area contributed by atoms with Crippen LogP contribution in [0, 0.1) is 10.1 Å². The molecule has 0 fully saturated rings. The van der Waals surface area contributed by atoms with Gasteiger partial charge in [0.1, 0.15) is 8.73 Å². The van der Waals surface area contributed by atoms with Crippen molar-refractivity contribution >= 4 is 70.3 Å². The molecule has 0 aliphatic rings. The molecule has 124 valence electrons. The molecular weight excluding hydrogens is 401 g/mol. The van der Waals surface area contributed by atoms with Crippen molar-refractivity contribution in [2.24, 2.45) is 0 Å². The Labute approximate surface area is 149 Å². The lowest BCUT2D eigenvalue weighted by Gasteiger charge is -2.07. The Morgan fingerprint density at radius 2 is 1.45 bits per heavy atom. The zero-order valence-corrected chi connectivity index (χ0v) is 15.2. The van der Waals surface area contributed by atoms with Crippen LogP contribution in [-0.2, 0) is 19.1 Å². The zero-order chi connectivity index (χ0) is 17.3. The molecule has 22 heavy (non-hydrogen) atoms. The van der Waals surface area contributed by atoms with E-state index in [1.807, 2.05) is 0 Å². The Hall–Kier alpha value is -0.610. The highest BCUT2D eigenvalue weighted by atomic mass is 35.5. The molecule has 0 unspecified atom stereocenters. The molecule has 7 nitrogen and oxygen atoms in total. The maximum atomic E-state index is 11.2. The average molecular weight is 411 g/mol. The highest BCUT2D eigenvalue weighted by Crippen LogP contribution is 2.38. The highest BCUT2D eigenvalue weighted by Gasteiger charge is 2.27. The number of hydrogen-bond donors (Lipinski definition) is 0. The number of nitro groups is 1. The van der Waals surface area contributed by atoms with Crippen molar-refractivity contribution in [3.8, 4) is 0 Å². The van der Waals surface area contributed by atoms with Gasteiger partial charge in [0.15, 0.2) is 5.03 Å². The van der Waals surface area contributed by atoms with Crippen molar-refractivity contribution in [1.82, 2.24) is 0 Å². The van der Waals surface area contributed by atoms with E-state index in [1.54, 1.807) is 0 Å². The maximum Gasteiger partial charge on any atom is 0.316 e. The molecule has 0 heterocycles. The van der Waals surface area contributed by atoms with E-state index >= 15 is 0 Å². The number of carbonyl (C=O) groups excluding carboxylic acids is 2. The Kier molecular flexibility index (Phi) is 10.7. The number of esters is 2. The van der Waals surface area contributed by atoms with Crippen LogP contribution in [0.4, 0.5) is 0 Å². The third-order valence-corrected chi connectivity index (χ3v) is 5.16. The van der Waals surface area contributed by atoms with Gasteiger partial charge in [-0.3, -0.25) is 19.7 Å². The molecule has 0 N–H and O–H groups in total. The maximum absolute atomic E-state index is 11.2. The second-order valence-electron chi connectivity index (χ2n) is 3.20. The summed E-state index contributed by atoms with van der Waals surface area (Å²) in [6.07, 6.45) is 0. The summed E-state index contributed by atoms with van der Waals surface area (Å²) in [6, 6.07) is 0. The largest absolute Gasteiger partial charge is 0.468 e. The van der Waals surface area contributed by atoms with Crippen LogP contribution in [-0.4, -0.2) is 42.6 Å². The minimum atomic E-state index is -0.809. The molecule has 0 bridgehead atoms. The van der Waals surface area contributed by atoms with Crippen LogP contribution in [0.5, 0.6) is 0 Å². The summed E-state index contributed by atoms with van der Waals surface area (Å²) in [5, 5.41) is 10.7. The molecule has 0 saturated heterocycles. The number of hydrogen-bond acceptors (Lipinski definition) is 8. The topological polar surface area (TPSA) is 95.7 Å². The van der Waals surface area contributed by atoms with Gasteiger partial charge in [-0.15, -0.1) is 23.5 Å². The Bertz CT molecular complexity index is 497. The van der Waals surface area contributed by atoms with Crippen molar-refractivity contribution in [3.63, 3.8) is 0 Å². The van der Waals surface area contributed by atoms with Crippen LogP contribution in [0.3, 0.4) is 0 Å². The number of ether oxygens (including phenoxy) is 2. The smallest absolute Gasteiger partial charge is 0.316 e. The van der Waals surface area contributed by atoms with Gasteiger partial charge >= 0.3 is 17.6 Å². The monoisotopic (exact) mass is 409 g/mol. The Balaban J connectivity index is 5.58. The molecule has 0 aliphatic heterocycles. The van der Waals surface area contributed by atoms with Gasteiger partial charge in [0.2, 0.25) is 0 Å². The molecule has 0 radical (unpaired) electrons. The highest BCUT2D eigenvalue weighted by molar-refractivity contribution is 8.22. The minimum absolute atomic E-state index is 0.0235. The summed E-state index contributed by atoms with van der Waals surface area (Å²) in [6.45, 7) is 0. The van der Waals surface area contributed by atoms with Gasteiger partial charge in [0.05, 0.1) is 30.6 Å². The van der Waals surface area contributed by atoms with Crippen LogP contribution < -0.4 is 0 Å². The van der Waals surface area contributed by atoms with Gasteiger partial charge in [-0.2, -0.15) is 0 Å². The molecule has 12 heteroatoms. The average Bonchev–Trinajstić information content (AvgIpc) is 2.47. The number of allylic oxidation sites excluding steroid dienone is 1. The first-order chi connectivity index (χ1) is 10.2. The van der Waals surface area contributed by atoms with Crippen LogP contribution in [0.25, 0.3) is 0 Å². The molecular formula is C10H10Cl3NO6S2. The molecule has 0 aromatic carbocycles. The van der Waals surface area contributed by atoms with E-state index in [0.29, 0.717) is 0 Å².